The van der Waals surface area contributed by atoms with Gasteiger partial charge in [-0.05, 0) is 30.7 Å². The predicted molar refractivity (Wildman–Crippen MR) is 88.0 cm³/mol. The van der Waals surface area contributed by atoms with E-state index in [1.54, 1.807) is 30.3 Å². The third kappa shape index (κ3) is 4.69. The van der Waals surface area contributed by atoms with Crippen LogP contribution in [0.25, 0.3) is 0 Å². The number of esters is 1. The number of hydrogen-bond acceptors (Lipinski definition) is 5. The molecule has 0 aliphatic rings. The highest BCUT2D eigenvalue weighted by Gasteiger charge is 2.13. The van der Waals surface area contributed by atoms with Gasteiger partial charge in [-0.1, -0.05) is 29.8 Å². The Morgan fingerprint density at radius 2 is 2.04 bits per heavy atom. The summed E-state index contributed by atoms with van der Waals surface area (Å²) in [4.78, 5) is 22.2. The molecular formula is C16H15ClN2O4. The van der Waals surface area contributed by atoms with Gasteiger partial charge in [0.05, 0.1) is 16.4 Å². The molecule has 7 heteroatoms. The lowest BCUT2D eigenvalue weighted by molar-refractivity contribution is -0.384. The summed E-state index contributed by atoms with van der Waals surface area (Å²) in [6.07, 6.45) is 0.0519. The summed E-state index contributed by atoms with van der Waals surface area (Å²) in [5.41, 5.74) is 1.25. The van der Waals surface area contributed by atoms with Crippen molar-refractivity contribution in [2.24, 2.45) is 0 Å². The highest BCUT2D eigenvalue weighted by molar-refractivity contribution is 6.32. The molecule has 0 bridgehead atoms. The molecule has 0 radical (unpaired) electrons. The van der Waals surface area contributed by atoms with Gasteiger partial charge in [-0.3, -0.25) is 14.9 Å². The van der Waals surface area contributed by atoms with Gasteiger partial charge >= 0.3 is 5.97 Å². The van der Waals surface area contributed by atoms with Crippen molar-refractivity contribution < 1.29 is 14.5 Å². The highest BCUT2D eigenvalue weighted by atomic mass is 35.5. The van der Waals surface area contributed by atoms with Gasteiger partial charge in [0.2, 0.25) is 0 Å². The van der Waals surface area contributed by atoms with Crippen molar-refractivity contribution in [1.29, 1.82) is 0 Å². The molecule has 0 unspecified atom stereocenters. The van der Waals surface area contributed by atoms with Gasteiger partial charge in [0.15, 0.2) is 0 Å². The van der Waals surface area contributed by atoms with Gasteiger partial charge in [0.25, 0.3) is 5.69 Å². The maximum absolute atomic E-state index is 11.8. The lowest BCUT2D eigenvalue weighted by Gasteiger charge is -2.08. The van der Waals surface area contributed by atoms with Crippen molar-refractivity contribution >= 4 is 28.9 Å². The Labute approximate surface area is 138 Å². The second-order valence-electron chi connectivity index (χ2n) is 4.86. The van der Waals surface area contributed by atoms with Crippen LogP contribution in [0.1, 0.15) is 12.0 Å². The summed E-state index contributed by atoms with van der Waals surface area (Å²) in [6.45, 7) is 2.08. The fourth-order valence-corrected chi connectivity index (χ4v) is 2.10. The summed E-state index contributed by atoms with van der Waals surface area (Å²) in [5, 5.41) is 14.1. The van der Waals surface area contributed by atoms with E-state index >= 15 is 0 Å². The minimum Gasteiger partial charge on any atom is -0.425 e. The molecule has 0 heterocycles. The number of nitrogens with zero attached hydrogens (tertiary/aromatic N) is 1. The van der Waals surface area contributed by atoms with Crippen LogP contribution in [0, 0.1) is 17.0 Å². The number of carbonyl (C=O) groups is 1. The van der Waals surface area contributed by atoms with E-state index in [4.69, 9.17) is 16.3 Å². The van der Waals surface area contributed by atoms with E-state index in [1.807, 2.05) is 13.0 Å². The molecule has 0 saturated carbocycles. The van der Waals surface area contributed by atoms with Gasteiger partial charge in [0.1, 0.15) is 11.4 Å². The third-order valence-electron chi connectivity index (χ3n) is 3.06. The number of para-hydroxylation sites is 2. The average molecular weight is 335 g/mol. The van der Waals surface area contributed by atoms with Gasteiger partial charge in [0, 0.05) is 12.6 Å². The molecule has 1 N–H and O–H groups in total. The van der Waals surface area contributed by atoms with Crippen molar-refractivity contribution in [3.05, 3.63) is 63.2 Å². The van der Waals surface area contributed by atoms with Crippen LogP contribution in [0.4, 0.5) is 11.4 Å². The van der Waals surface area contributed by atoms with Crippen molar-refractivity contribution in [1.82, 2.24) is 0 Å². The number of hydrogen-bond donors (Lipinski definition) is 1. The smallest absolute Gasteiger partial charge is 0.313 e. The predicted octanol–water partition coefficient (Wildman–Crippen LogP) is 3.96. The Morgan fingerprint density at radius 1 is 1.30 bits per heavy atom. The molecule has 0 aromatic heterocycles. The van der Waals surface area contributed by atoms with Crippen molar-refractivity contribution in [2.45, 2.75) is 13.3 Å². The van der Waals surface area contributed by atoms with E-state index < -0.39 is 10.9 Å². The zero-order chi connectivity index (χ0) is 16.8. The number of aryl methyl sites for hydroxylation is 1. The largest absolute Gasteiger partial charge is 0.425 e. The van der Waals surface area contributed by atoms with E-state index in [2.05, 4.69) is 5.32 Å². The lowest BCUT2D eigenvalue weighted by Crippen LogP contribution is -2.14. The maximum atomic E-state index is 11.8. The summed E-state index contributed by atoms with van der Waals surface area (Å²) in [7, 11) is 0. The van der Waals surface area contributed by atoms with E-state index in [1.165, 1.54) is 6.07 Å². The Kier molecular flexibility index (Phi) is 5.54. The first-order chi connectivity index (χ1) is 11.0. The van der Waals surface area contributed by atoms with Crippen LogP contribution in [-0.2, 0) is 4.79 Å². The first kappa shape index (κ1) is 16.8. The molecule has 120 valence electrons. The highest BCUT2D eigenvalue weighted by Crippen LogP contribution is 2.26. The molecule has 0 amide bonds. The second kappa shape index (κ2) is 7.60. The molecule has 0 aliphatic carbocycles. The van der Waals surface area contributed by atoms with E-state index in [0.29, 0.717) is 16.5 Å². The Bertz CT molecular complexity index is 734. The molecule has 23 heavy (non-hydrogen) atoms. The van der Waals surface area contributed by atoms with Gasteiger partial charge in [-0.25, -0.2) is 0 Å². The van der Waals surface area contributed by atoms with Crippen LogP contribution in [0.3, 0.4) is 0 Å². The normalized spacial score (nSPS) is 10.2. The summed E-state index contributed by atoms with van der Waals surface area (Å²) in [5.74, 6) is -0.161. The summed E-state index contributed by atoms with van der Waals surface area (Å²) in [6, 6.07) is 11.4. The zero-order valence-corrected chi connectivity index (χ0v) is 13.2. The minimum absolute atomic E-state index is 0.0393. The monoisotopic (exact) mass is 334 g/mol. The molecule has 0 spiro atoms. The van der Waals surface area contributed by atoms with Crippen LogP contribution in [-0.4, -0.2) is 17.4 Å². The number of nitro groups is 1. The zero-order valence-electron chi connectivity index (χ0n) is 12.4. The van der Waals surface area contributed by atoms with E-state index in [-0.39, 0.29) is 18.7 Å². The molecule has 0 aliphatic heterocycles. The number of rotatable bonds is 6. The lowest BCUT2D eigenvalue weighted by atomic mass is 10.2. The molecule has 0 saturated heterocycles. The first-order valence-corrected chi connectivity index (χ1v) is 7.29. The van der Waals surface area contributed by atoms with Crippen molar-refractivity contribution in [2.75, 3.05) is 11.9 Å². The molecular weight excluding hydrogens is 320 g/mol. The Hall–Kier alpha value is -2.60. The molecule has 2 aromatic carbocycles. The molecule has 6 nitrogen and oxygen atoms in total. The number of anilines is 1. The van der Waals surface area contributed by atoms with E-state index in [0.717, 1.165) is 5.56 Å². The van der Waals surface area contributed by atoms with E-state index in [9.17, 15) is 14.9 Å². The fraction of sp³-hybridized carbons (Fsp3) is 0.188. The van der Waals surface area contributed by atoms with Crippen LogP contribution >= 0.6 is 11.6 Å². The summed E-state index contributed by atoms with van der Waals surface area (Å²) >= 11 is 5.96. The Balaban J connectivity index is 1.90. The van der Waals surface area contributed by atoms with Gasteiger partial charge < -0.3 is 10.1 Å². The van der Waals surface area contributed by atoms with Gasteiger partial charge in [-0.2, -0.15) is 0 Å². The quantitative estimate of drug-likeness (QED) is 0.374. The average Bonchev–Trinajstić information content (AvgIpc) is 2.51. The Morgan fingerprint density at radius 3 is 2.78 bits per heavy atom. The van der Waals surface area contributed by atoms with Gasteiger partial charge in [-0.15, -0.1) is 0 Å². The van der Waals surface area contributed by atoms with Crippen molar-refractivity contribution in [3.63, 3.8) is 0 Å². The fourth-order valence-electron chi connectivity index (χ4n) is 1.94. The maximum Gasteiger partial charge on any atom is 0.313 e. The van der Waals surface area contributed by atoms with Crippen LogP contribution < -0.4 is 10.1 Å². The number of nitrogens with one attached hydrogen (secondary N) is 1. The third-order valence-corrected chi connectivity index (χ3v) is 3.37. The summed E-state index contributed by atoms with van der Waals surface area (Å²) < 4.78 is 5.20. The molecule has 0 fully saturated rings. The number of halogens is 1. The number of ether oxygens (including phenoxy) is 1. The minimum atomic E-state index is -0.479. The van der Waals surface area contributed by atoms with Crippen molar-refractivity contribution in [3.8, 4) is 5.75 Å². The van der Waals surface area contributed by atoms with Crippen LogP contribution in [0.15, 0.2) is 42.5 Å². The van der Waals surface area contributed by atoms with Crippen LogP contribution in [0.5, 0.6) is 5.75 Å². The molecule has 2 rings (SSSR count). The molecule has 0 atom stereocenters. The molecule has 2 aromatic rings. The number of carbonyl (C=O) groups excluding carboxylic acids is 1. The number of nitro benzene ring substituents is 1. The topological polar surface area (TPSA) is 81.5 Å². The van der Waals surface area contributed by atoms with Crippen LogP contribution in [0.2, 0.25) is 5.02 Å². The number of benzene rings is 2. The first-order valence-electron chi connectivity index (χ1n) is 6.91. The standard InChI is InChI=1S/C16H15ClN2O4/c1-11-6-7-12(17)15(10-11)23-16(20)8-9-18-13-4-2-3-5-14(13)19(21)22/h2-7,10,18H,8-9H2,1H3. The second-order valence-corrected chi connectivity index (χ2v) is 5.27. The SMILES string of the molecule is Cc1ccc(Cl)c(OC(=O)CCNc2ccccc2[N+](=O)[O-])c1.